The molecule has 0 radical (unpaired) electrons. The first kappa shape index (κ1) is 13.5. The van der Waals surface area contributed by atoms with Crippen LogP contribution in [0, 0.1) is 5.82 Å². The second kappa shape index (κ2) is 5.01. The van der Waals surface area contributed by atoms with Gasteiger partial charge in [-0.3, -0.25) is 0 Å². The molecule has 0 amide bonds. The highest BCUT2D eigenvalue weighted by atomic mass is 19.4. The highest BCUT2D eigenvalue weighted by Gasteiger charge is 2.31. The number of hydrogen-bond acceptors (Lipinski definition) is 1. The van der Waals surface area contributed by atoms with Crippen LogP contribution in [0.1, 0.15) is 11.1 Å². The molecule has 0 heterocycles. The Balaban J connectivity index is 2.56. The van der Waals surface area contributed by atoms with Gasteiger partial charge in [-0.15, -0.1) is 0 Å². The highest BCUT2D eigenvalue weighted by molar-refractivity contribution is 5.68. The van der Waals surface area contributed by atoms with Gasteiger partial charge >= 0.3 is 6.18 Å². The fourth-order valence-corrected chi connectivity index (χ4v) is 1.79. The van der Waals surface area contributed by atoms with Crippen molar-refractivity contribution in [2.24, 2.45) is 0 Å². The fourth-order valence-electron chi connectivity index (χ4n) is 1.79. The molecule has 5 heteroatoms. The summed E-state index contributed by atoms with van der Waals surface area (Å²) in [5.41, 5.74) is 0.234. The minimum absolute atomic E-state index is 0.248. The lowest BCUT2D eigenvalue weighted by atomic mass is 9.97. The van der Waals surface area contributed by atoms with Gasteiger partial charge in [0.1, 0.15) is 5.82 Å². The maximum absolute atomic E-state index is 12.8. The summed E-state index contributed by atoms with van der Waals surface area (Å²) in [5, 5.41) is 9.17. The Bertz CT molecular complexity index is 573. The van der Waals surface area contributed by atoms with Crippen LogP contribution in [-0.2, 0) is 12.8 Å². The first-order valence-electron chi connectivity index (χ1n) is 5.49. The summed E-state index contributed by atoms with van der Waals surface area (Å²) in [6.07, 6.45) is -4.46. The molecule has 1 N–H and O–H groups in total. The SMILES string of the molecule is OCc1ccc(C(F)(F)F)cc1-c1ccc(F)cc1. The van der Waals surface area contributed by atoms with Crippen molar-refractivity contribution < 1.29 is 22.7 Å². The second-order valence-corrected chi connectivity index (χ2v) is 4.03. The largest absolute Gasteiger partial charge is 0.416 e. The molecule has 0 fully saturated rings. The topological polar surface area (TPSA) is 20.2 Å². The van der Waals surface area contributed by atoms with Crippen molar-refractivity contribution in [2.75, 3.05) is 0 Å². The van der Waals surface area contributed by atoms with Gasteiger partial charge in [-0.1, -0.05) is 18.2 Å². The lowest BCUT2D eigenvalue weighted by molar-refractivity contribution is -0.137. The summed E-state index contributed by atoms with van der Waals surface area (Å²) < 4.78 is 50.8. The summed E-state index contributed by atoms with van der Waals surface area (Å²) >= 11 is 0. The minimum Gasteiger partial charge on any atom is -0.392 e. The third kappa shape index (κ3) is 2.93. The Morgan fingerprint density at radius 2 is 1.58 bits per heavy atom. The molecule has 1 nitrogen and oxygen atoms in total. The molecule has 0 atom stereocenters. The molecular formula is C14H10F4O. The second-order valence-electron chi connectivity index (χ2n) is 4.03. The van der Waals surface area contributed by atoms with E-state index in [4.69, 9.17) is 0 Å². The van der Waals surface area contributed by atoms with E-state index >= 15 is 0 Å². The Morgan fingerprint density at radius 3 is 2.11 bits per heavy atom. The predicted octanol–water partition coefficient (Wildman–Crippen LogP) is 4.00. The van der Waals surface area contributed by atoms with E-state index < -0.39 is 17.6 Å². The molecule has 19 heavy (non-hydrogen) atoms. The van der Waals surface area contributed by atoms with E-state index in [1.54, 1.807) is 0 Å². The molecule has 2 aromatic rings. The van der Waals surface area contributed by atoms with E-state index in [-0.39, 0.29) is 12.2 Å². The van der Waals surface area contributed by atoms with Crippen molar-refractivity contribution in [3.05, 3.63) is 59.4 Å². The van der Waals surface area contributed by atoms with Crippen molar-refractivity contribution in [2.45, 2.75) is 12.8 Å². The average molecular weight is 270 g/mol. The number of alkyl halides is 3. The number of rotatable bonds is 2. The van der Waals surface area contributed by atoms with Crippen LogP contribution in [0.2, 0.25) is 0 Å². The van der Waals surface area contributed by atoms with Gasteiger partial charge in [-0.25, -0.2) is 4.39 Å². The molecule has 0 spiro atoms. The van der Waals surface area contributed by atoms with E-state index in [0.29, 0.717) is 11.1 Å². The Kier molecular flexibility index (Phi) is 3.57. The monoisotopic (exact) mass is 270 g/mol. The molecule has 0 bridgehead atoms. The molecular weight excluding hydrogens is 260 g/mol. The van der Waals surface area contributed by atoms with Crippen LogP contribution in [0.4, 0.5) is 17.6 Å². The van der Waals surface area contributed by atoms with Crippen LogP contribution < -0.4 is 0 Å². The standard InChI is InChI=1S/C14H10F4O/c15-12-5-2-9(3-6-12)13-7-11(14(16,17)18)4-1-10(13)8-19/h1-7,19H,8H2. The zero-order valence-corrected chi connectivity index (χ0v) is 9.71. The molecule has 0 aromatic heterocycles. The number of benzene rings is 2. The number of aliphatic hydroxyl groups excluding tert-OH is 1. The molecule has 0 saturated carbocycles. The maximum atomic E-state index is 12.8. The number of aliphatic hydroxyl groups is 1. The van der Waals surface area contributed by atoms with Gasteiger partial charge in [0.05, 0.1) is 12.2 Å². The minimum atomic E-state index is -4.46. The molecule has 0 aliphatic heterocycles. The van der Waals surface area contributed by atoms with Gasteiger partial charge in [0.2, 0.25) is 0 Å². The van der Waals surface area contributed by atoms with Gasteiger partial charge in [0, 0.05) is 0 Å². The predicted molar refractivity (Wildman–Crippen MR) is 62.8 cm³/mol. The van der Waals surface area contributed by atoms with Crippen LogP contribution in [0.5, 0.6) is 0 Å². The number of halogens is 4. The first-order chi connectivity index (χ1) is 8.91. The molecule has 2 rings (SSSR count). The van der Waals surface area contributed by atoms with E-state index in [2.05, 4.69) is 0 Å². The normalized spacial score (nSPS) is 11.6. The van der Waals surface area contributed by atoms with Crippen molar-refractivity contribution in [3.8, 4) is 11.1 Å². The lowest BCUT2D eigenvalue weighted by Crippen LogP contribution is -2.05. The van der Waals surface area contributed by atoms with Gasteiger partial charge in [-0.2, -0.15) is 13.2 Å². The molecule has 0 saturated heterocycles. The molecule has 0 unspecified atom stereocenters. The summed E-state index contributed by atoms with van der Waals surface area (Å²) in [6.45, 7) is -0.384. The fraction of sp³-hybridized carbons (Fsp3) is 0.143. The van der Waals surface area contributed by atoms with Crippen molar-refractivity contribution in [1.29, 1.82) is 0 Å². The zero-order chi connectivity index (χ0) is 14.0. The summed E-state index contributed by atoms with van der Waals surface area (Å²) in [4.78, 5) is 0. The Hall–Kier alpha value is -1.88. The van der Waals surface area contributed by atoms with Crippen LogP contribution >= 0.6 is 0 Å². The third-order valence-electron chi connectivity index (χ3n) is 2.76. The molecule has 0 aliphatic carbocycles. The van der Waals surface area contributed by atoms with Gasteiger partial charge in [0.25, 0.3) is 0 Å². The third-order valence-corrected chi connectivity index (χ3v) is 2.76. The summed E-state index contributed by atoms with van der Waals surface area (Å²) in [6, 6.07) is 8.18. The smallest absolute Gasteiger partial charge is 0.392 e. The molecule has 0 aliphatic rings. The summed E-state index contributed by atoms with van der Waals surface area (Å²) in [7, 11) is 0. The Labute approximate surface area is 107 Å². The van der Waals surface area contributed by atoms with Crippen LogP contribution in [0.15, 0.2) is 42.5 Å². The molecule has 2 aromatic carbocycles. The number of hydrogen-bond donors (Lipinski definition) is 1. The van der Waals surface area contributed by atoms with Crippen LogP contribution in [0.25, 0.3) is 11.1 Å². The maximum Gasteiger partial charge on any atom is 0.416 e. The quantitative estimate of drug-likeness (QED) is 0.818. The van der Waals surface area contributed by atoms with Crippen LogP contribution in [-0.4, -0.2) is 5.11 Å². The summed E-state index contributed by atoms with van der Waals surface area (Å²) in [5.74, 6) is -0.471. The van der Waals surface area contributed by atoms with Crippen molar-refractivity contribution >= 4 is 0 Å². The van der Waals surface area contributed by atoms with Gasteiger partial charge in [0.15, 0.2) is 0 Å². The van der Waals surface area contributed by atoms with Gasteiger partial charge in [-0.05, 0) is 41.0 Å². The zero-order valence-electron chi connectivity index (χ0n) is 9.71. The van der Waals surface area contributed by atoms with Crippen molar-refractivity contribution in [1.82, 2.24) is 0 Å². The highest BCUT2D eigenvalue weighted by Crippen LogP contribution is 2.34. The Morgan fingerprint density at radius 1 is 0.947 bits per heavy atom. The average Bonchev–Trinajstić information content (AvgIpc) is 2.38. The van der Waals surface area contributed by atoms with Crippen LogP contribution in [0.3, 0.4) is 0 Å². The molecule has 100 valence electrons. The van der Waals surface area contributed by atoms with Crippen molar-refractivity contribution in [3.63, 3.8) is 0 Å². The first-order valence-corrected chi connectivity index (χ1v) is 5.49. The van der Waals surface area contributed by atoms with E-state index in [9.17, 15) is 22.7 Å². The van der Waals surface area contributed by atoms with Gasteiger partial charge < -0.3 is 5.11 Å². The lowest BCUT2D eigenvalue weighted by Gasteiger charge is -2.12. The van der Waals surface area contributed by atoms with E-state index in [1.165, 1.54) is 18.2 Å². The van der Waals surface area contributed by atoms with E-state index in [1.807, 2.05) is 0 Å². The van der Waals surface area contributed by atoms with E-state index in [0.717, 1.165) is 24.3 Å².